The van der Waals surface area contributed by atoms with Gasteiger partial charge in [0, 0.05) is 6.42 Å². The van der Waals surface area contributed by atoms with Crippen LogP contribution in [0.15, 0.2) is 12.2 Å². The van der Waals surface area contributed by atoms with E-state index in [0.717, 1.165) is 38.5 Å². The summed E-state index contributed by atoms with van der Waals surface area (Å²) in [6, 6.07) is -0.718. The van der Waals surface area contributed by atoms with E-state index >= 15 is 0 Å². The van der Waals surface area contributed by atoms with E-state index in [4.69, 9.17) is 9.47 Å². The molecule has 68 heavy (non-hydrogen) atoms. The molecule has 0 bridgehead atoms. The van der Waals surface area contributed by atoms with Crippen molar-refractivity contribution in [2.75, 3.05) is 13.2 Å². The van der Waals surface area contributed by atoms with Gasteiger partial charge in [-0.25, -0.2) is 0 Å². The minimum absolute atomic E-state index is 0.134. The Hall–Kier alpha value is -1.07. The standard InChI is InChI=1S/C59H115NO8/c1-3-5-7-9-11-13-15-17-19-21-23-25-26-27-28-29-31-33-35-37-39-41-43-45-47-49-55(63)60-52(51-67-59-58(66)57(65)56(64)54(50-61)68-59)53(62)48-46-44-42-40-38-36-34-32-30-24-22-20-18-16-14-12-10-8-6-4-2/h27-28,52-54,56-59,61-62,64-66H,3-26,29-51H2,1-2H3,(H,60,63)/b28-27-. The van der Waals surface area contributed by atoms with Crippen LogP contribution in [-0.4, -0.2) is 87.5 Å². The maximum absolute atomic E-state index is 13.1. The van der Waals surface area contributed by atoms with Crippen molar-refractivity contribution in [3.8, 4) is 0 Å². The Kier molecular flexibility index (Phi) is 47.3. The molecule has 1 aliphatic heterocycles. The summed E-state index contributed by atoms with van der Waals surface area (Å²) in [4.78, 5) is 13.1. The van der Waals surface area contributed by atoms with Gasteiger partial charge in [-0.3, -0.25) is 4.79 Å². The highest BCUT2D eigenvalue weighted by Gasteiger charge is 2.44. The first-order chi connectivity index (χ1) is 33.3. The van der Waals surface area contributed by atoms with Crippen molar-refractivity contribution in [1.82, 2.24) is 5.32 Å². The Bertz CT molecular complexity index is 1080. The first kappa shape index (κ1) is 64.9. The number of carbonyl (C=O) groups is 1. The zero-order valence-corrected chi connectivity index (χ0v) is 44.9. The lowest BCUT2D eigenvalue weighted by molar-refractivity contribution is -0.302. The molecule has 0 aromatic heterocycles. The number of carbonyl (C=O) groups excluding carboxylic acids is 1. The molecule has 9 nitrogen and oxygen atoms in total. The zero-order valence-electron chi connectivity index (χ0n) is 44.9. The quantitative estimate of drug-likeness (QED) is 0.0261. The maximum atomic E-state index is 13.1. The van der Waals surface area contributed by atoms with Crippen LogP contribution in [0.1, 0.15) is 303 Å². The van der Waals surface area contributed by atoms with E-state index in [2.05, 4.69) is 31.3 Å². The number of hydrogen-bond acceptors (Lipinski definition) is 8. The summed E-state index contributed by atoms with van der Waals surface area (Å²) < 4.78 is 11.3. The van der Waals surface area contributed by atoms with Crippen LogP contribution in [0.5, 0.6) is 0 Å². The van der Waals surface area contributed by atoms with Crippen LogP contribution in [0, 0.1) is 0 Å². The first-order valence-corrected chi connectivity index (χ1v) is 29.9. The highest BCUT2D eigenvalue weighted by Crippen LogP contribution is 2.23. The number of ether oxygens (including phenoxy) is 2. The number of nitrogens with one attached hydrogen (secondary N) is 1. The normalized spacial score (nSPS) is 19.5. The molecule has 0 aromatic carbocycles. The fraction of sp³-hybridized carbons (Fsp3) is 0.949. The minimum atomic E-state index is -1.55. The first-order valence-electron chi connectivity index (χ1n) is 29.9. The average Bonchev–Trinajstić information content (AvgIpc) is 3.34. The SMILES string of the molecule is CCCCCCCCCCCCCC/C=C\CCCCCCCCCCCC(=O)NC(COC1OC(CO)C(O)C(O)C1O)C(O)CCCCCCCCCCCCCCCCCCCCCC. The Morgan fingerprint density at radius 1 is 0.485 bits per heavy atom. The van der Waals surface area contributed by atoms with Gasteiger partial charge in [0.05, 0.1) is 25.4 Å². The van der Waals surface area contributed by atoms with Crippen LogP contribution in [0.4, 0.5) is 0 Å². The zero-order chi connectivity index (χ0) is 49.4. The second kappa shape index (κ2) is 49.5. The molecule has 7 unspecified atom stereocenters. The van der Waals surface area contributed by atoms with Gasteiger partial charge in [-0.05, 0) is 38.5 Å². The van der Waals surface area contributed by atoms with Crippen molar-refractivity contribution in [1.29, 1.82) is 0 Å². The molecule has 1 amide bonds. The van der Waals surface area contributed by atoms with E-state index < -0.39 is 49.5 Å². The number of amides is 1. The molecule has 1 rings (SSSR count). The summed E-state index contributed by atoms with van der Waals surface area (Å²) in [5.41, 5.74) is 0. The average molecular weight is 967 g/mol. The Balaban J connectivity index is 2.18. The predicted octanol–water partition coefficient (Wildman–Crippen LogP) is 14.8. The van der Waals surface area contributed by atoms with Crippen molar-refractivity contribution < 1.29 is 39.8 Å². The highest BCUT2D eigenvalue weighted by molar-refractivity contribution is 5.76. The molecule has 0 aliphatic carbocycles. The Morgan fingerprint density at radius 3 is 1.19 bits per heavy atom. The molecule has 1 heterocycles. The maximum Gasteiger partial charge on any atom is 0.220 e. The van der Waals surface area contributed by atoms with Gasteiger partial charge >= 0.3 is 0 Å². The van der Waals surface area contributed by atoms with Gasteiger partial charge in [0.15, 0.2) is 6.29 Å². The van der Waals surface area contributed by atoms with Crippen LogP contribution in [-0.2, 0) is 14.3 Å². The lowest BCUT2D eigenvalue weighted by Gasteiger charge is -2.40. The molecular weight excluding hydrogens is 851 g/mol. The molecule has 7 atom stereocenters. The van der Waals surface area contributed by atoms with Gasteiger partial charge in [-0.2, -0.15) is 0 Å². The highest BCUT2D eigenvalue weighted by atomic mass is 16.7. The summed E-state index contributed by atoms with van der Waals surface area (Å²) in [6.07, 6.45) is 53.8. The third-order valence-corrected chi connectivity index (χ3v) is 14.6. The van der Waals surface area contributed by atoms with Crippen LogP contribution < -0.4 is 5.32 Å². The fourth-order valence-electron chi connectivity index (χ4n) is 9.87. The molecular formula is C59H115NO8. The lowest BCUT2D eigenvalue weighted by atomic mass is 9.99. The number of aliphatic hydroxyl groups excluding tert-OH is 5. The lowest BCUT2D eigenvalue weighted by Crippen LogP contribution is -2.60. The molecule has 9 heteroatoms. The molecule has 1 aliphatic rings. The Morgan fingerprint density at radius 2 is 0.824 bits per heavy atom. The smallest absolute Gasteiger partial charge is 0.220 e. The number of allylic oxidation sites excluding steroid dienone is 2. The van der Waals surface area contributed by atoms with E-state index in [1.165, 1.54) is 238 Å². The van der Waals surface area contributed by atoms with Crippen molar-refractivity contribution in [3.05, 3.63) is 12.2 Å². The van der Waals surface area contributed by atoms with E-state index in [1.54, 1.807) is 0 Å². The molecule has 404 valence electrons. The fourth-order valence-corrected chi connectivity index (χ4v) is 9.87. The van der Waals surface area contributed by atoms with Gasteiger partial charge < -0.3 is 40.3 Å². The largest absolute Gasteiger partial charge is 0.394 e. The molecule has 0 radical (unpaired) electrons. The third-order valence-electron chi connectivity index (χ3n) is 14.6. The summed E-state index contributed by atoms with van der Waals surface area (Å²) in [5.74, 6) is -0.141. The summed E-state index contributed by atoms with van der Waals surface area (Å²) in [7, 11) is 0. The van der Waals surface area contributed by atoms with Crippen LogP contribution in [0.2, 0.25) is 0 Å². The molecule has 0 spiro atoms. The number of unbranched alkanes of at least 4 members (excludes halogenated alkanes) is 40. The van der Waals surface area contributed by atoms with Crippen LogP contribution in [0.3, 0.4) is 0 Å². The van der Waals surface area contributed by atoms with Gasteiger partial charge in [0.25, 0.3) is 0 Å². The summed E-state index contributed by atoms with van der Waals surface area (Å²) in [5, 5.41) is 54.7. The summed E-state index contributed by atoms with van der Waals surface area (Å²) in [6.45, 7) is 3.88. The Labute approximate surface area is 420 Å². The summed E-state index contributed by atoms with van der Waals surface area (Å²) >= 11 is 0. The van der Waals surface area contributed by atoms with Gasteiger partial charge in [-0.1, -0.05) is 270 Å². The molecule has 1 saturated heterocycles. The van der Waals surface area contributed by atoms with Gasteiger partial charge in [-0.15, -0.1) is 0 Å². The van der Waals surface area contributed by atoms with Gasteiger partial charge in [0.1, 0.15) is 24.4 Å². The van der Waals surface area contributed by atoms with Gasteiger partial charge in [0.2, 0.25) is 5.91 Å². The predicted molar refractivity (Wildman–Crippen MR) is 286 cm³/mol. The monoisotopic (exact) mass is 966 g/mol. The number of hydrogen-bond donors (Lipinski definition) is 6. The topological polar surface area (TPSA) is 149 Å². The molecule has 6 N–H and O–H groups in total. The van der Waals surface area contributed by atoms with Crippen molar-refractivity contribution in [3.63, 3.8) is 0 Å². The number of rotatable bonds is 52. The van der Waals surface area contributed by atoms with Crippen molar-refractivity contribution in [2.24, 2.45) is 0 Å². The second-order valence-electron chi connectivity index (χ2n) is 21.1. The van der Waals surface area contributed by atoms with Crippen LogP contribution >= 0.6 is 0 Å². The third kappa shape index (κ3) is 38.6. The molecule has 1 fully saturated rings. The van der Waals surface area contributed by atoms with E-state index in [9.17, 15) is 30.3 Å². The van der Waals surface area contributed by atoms with E-state index in [1.807, 2.05) is 0 Å². The molecule has 0 saturated carbocycles. The van der Waals surface area contributed by atoms with Crippen molar-refractivity contribution in [2.45, 2.75) is 346 Å². The second-order valence-corrected chi connectivity index (χ2v) is 21.1. The minimum Gasteiger partial charge on any atom is -0.394 e. The number of aliphatic hydroxyl groups is 5. The van der Waals surface area contributed by atoms with Crippen molar-refractivity contribution >= 4 is 5.91 Å². The van der Waals surface area contributed by atoms with Crippen LogP contribution in [0.25, 0.3) is 0 Å². The van der Waals surface area contributed by atoms with E-state index in [0.29, 0.717) is 12.8 Å². The van der Waals surface area contributed by atoms with E-state index in [-0.39, 0.29) is 12.5 Å². The molecule has 0 aromatic rings.